The van der Waals surface area contributed by atoms with Crippen molar-refractivity contribution in [3.63, 3.8) is 0 Å². The molecule has 3 aliphatic carbocycles. The first kappa shape index (κ1) is 39.4. The summed E-state index contributed by atoms with van der Waals surface area (Å²) in [5.41, 5.74) is 12.2. The minimum atomic E-state index is -0.349. The number of aromatic hydroxyl groups is 1. The molecule has 61 heavy (non-hydrogen) atoms. The quantitative estimate of drug-likeness (QED) is 0.176. The van der Waals surface area contributed by atoms with Crippen molar-refractivity contribution in [2.24, 2.45) is 23.7 Å². The molecule has 4 bridgehead atoms. The molecule has 1 aromatic heterocycles. The maximum absolute atomic E-state index is 13.5. The van der Waals surface area contributed by atoms with Crippen LogP contribution in [0, 0.1) is 23.7 Å². The molecule has 7 fully saturated rings. The molecule has 4 unspecified atom stereocenters. The third-order valence-electron chi connectivity index (χ3n) is 15.0. The number of anilines is 3. The number of hydrogen-bond acceptors (Lipinski definition) is 11. The number of hydrogen-bond donors (Lipinski definition) is 3. The number of ether oxygens (including phenoxy) is 1. The number of benzene rings is 3. The number of phenols is 1. The van der Waals surface area contributed by atoms with Crippen molar-refractivity contribution in [1.29, 1.82) is 0 Å². The van der Waals surface area contributed by atoms with E-state index in [0.717, 1.165) is 69.0 Å². The summed E-state index contributed by atoms with van der Waals surface area (Å²) in [4.78, 5) is 46.3. The summed E-state index contributed by atoms with van der Waals surface area (Å²) in [6.07, 6.45) is 5.82. The van der Waals surface area contributed by atoms with Gasteiger partial charge in [-0.25, -0.2) is 0 Å². The van der Waals surface area contributed by atoms with Gasteiger partial charge in [-0.1, -0.05) is 36.4 Å². The summed E-state index contributed by atoms with van der Waals surface area (Å²) in [5.74, 6) is 4.75. The zero-order chi connectivity index (χ0) is 41.8. The molecule has 5 heterocycles. The standard InChI is InChI=1S/C48H56N8O5/c1-53(40-12-13-43(58)50-48(40)60)33-8-4-6-30(22-33)29-14-18-54(19-15-29)28-44(59)55-20-16-34(17-21-55)61-35-9-5-7-31(23-35)45-37-24-32-26-56(27-38(37)46(32)45)41-25-39(51-52-47(41)49)36-10-2-3-11-42(36)57/h2-11,22-23,25,29,32,34,37-38,40,45-46,57H,12-21,24,26-28H2,1H3,(H2,49,52)(H,50,58,60)/t32-,37?,38-,40?,45?,46?/m0/s1. The number of carbonyl (C=O) groups excluding carboxylic acids is 3. The van der Waals surface area contributed by atoms with Gasteiger partial charge in [0.1, 0.15) is 23.6 Å². The molecule has 4 aromatic rings. The Morgan fingerprint density at radius 1 is 0.885 bits per heavy atom. The largest absolute Gasteiger partial charge is 0.507 e. The second-order valence-electron chi connectivity index (χ2n) is 18.3. The molecule has 7 aliphatic rings. The van der Waals surface area contributed by atoms with Gasteiger partial charge in [0.15, 0.2) is 5.82 Å². The van der Waals surface area contributed by atoms with Gasteiger partial charge in [0.25, 0.3) is 0 Å². The van der Waals surface area contributed by atoms with Crippen LogP contribution in [0.2, 0.25) is 0 Å². The number of piperidine rings is 4. The highest BCUT2D eigenvalue weighted by molar-refractivity contribution is 6.01. The summed E-state index contributed by atoms with van der Waals surface area (Å²) < 4.78 is 6.61. The van der Waals surface area contributed by atoms with Crippen LogP contribution in [0.1, 0.15) is 67.9 Å². The van der Waals surface area contributed by atoms with Crippen molar-refractivity contribution in [3.8, 4) is 22.8 Å². The highest BCUT2D eigenvalue weighted by Gasteiger charge is 2.63. The number of phenolic OH excluding ortho intramolecular Hbond substituents is 1. The number of aromatic nitrogens is 2. The Hall–Kier alpha value is -5.69. The van der Waals surface area contributed by atoms with Crippen LogP contribution in [0.4, 0.5) is 17.2 Å². The molecule has 4 saturated heterocycles. The Balaban J connectivity index is 0.683. The number of para-hydroxylation sites is 1. The normalized spacial score (nSPS) is 26.8. The molecule has 0 spiro atoms. The lowest BCUT2D eigenvalue weighted by Crippen LogP contribution is -2.51. The van der Waals surface area contributed by atoms with E-state index in [1.165, 1.54) is 17.5 Å². The van der Waals surface area contributed by atoms with Gasteiger partial charge in [0, 0.05) is 63.7 Å². The Morgan fingerprint density at radius 3 is 2.46 bits per heavy atom. The lowest BCUT2D eigenvalue weighted by Gasteiger charge is -2.51. The Labute approximate surface area is 357 Å². The number of nitrogens with one attached hydrogen (secondary N) is 1. The molecular formula is C48H56N8O5. The fourth-order valence-corrected chi connectivity index (χ4v) is 11.8. The van der Waals surface area contributed by atoms with Gasteiger partial charge in [-0.05, 0) is 128 Å². The number of rotatable bonds is 10. The molecule has 11 rings (SSSR count). The molecule has 6 atom stereocenters. The lowest BCUT2D eigenvalue weighted by atomic mass is 9.58. The van der Waals surface area contributed by atoms with E-state index >= 15 is 0 Å². The smallest absolute Gasteiger partial charge is 0.249 e. The van der Waals surface area contributed by atoms with E-state index in [1.54, 1.807) is 12.1 Å². The van der Waals surface area contributed by atoms with Crippen LogP contribution in [-0.2, 0) is 14.4 Å². The zero-order valence-corrected chi connectivity index (χ0v) is 34.9. The maximum atomic E-state index is 13.5. The minimum Gasteiger partial charge on any atom is -0.507 e. The second-order valence-corrected chi connectivity index (χ2v) is 18.3. The van der Waals surface area contributed by atoms with E-state index in [2.05, 4.69) is 67.8 Å². The van der Waals surface area contributed by atoms with Crippen LogP contribution in [0.5, 0.6) is 11.5 Å². The van der Waals surface area contributed by atoms with Gasteiger partial charge in [-0.2, -0.15) is 0 Å². The number of nitrogens with two attached hydrogens (primary N) is 1. The topological polar surface area (TPSA) is 157 Å². The van der Waals surface area contributed by atoms with Crippen LogP contribution < -0.4 is 25.6 Å². The van der Waals surface area contributed by atoms with E-state index in [1.807, 2.05) is 41.1 Å². The minimum absolute atomic E-state index is 0.0908. The average molecular weight is 825 g/mol. The fourth-order valence-electron chi connectivity index (χ4n) is 11.8. The van der Waals surface area contributed by atoms with Crippen molar-refractivity contribution in [2.45, 2.75) is 68.9 Å². The van der Waals surface area contributed by atoms with E-state index in [4.69, 9.17) is 10.5 Å². The molecule has 3 saturated carbocycles. The predicted molar refractivity (Wildman–Crippen MR) is 233 cm³/mol. The molecule has 318 valence electrons. The molecule has 13 heteroatoms. The summed E-state index contributed by atoms with van der Waals surface area (Å²) in [6, 6.07) is 26.1. The average Bonchev–Trinajstić information content (AvgIpc) is 3.77. The number of likely N-dealkylation sites (N-methyl/N-ethyl adjacent to an activating group) is 1. The van der Waals surface area contributed by atoms with Gasteiger partial charge in [0.2, 0.25) is 17.7 Å². The predicted octanol–water partition coefficient (Wildman–Crippen LogP) is 5.41. The van der Waals surface area contributed by atoms with Crippen molar-refractivity contribution in [2.75, 3.05) is 68.4 Å². The second kappa shape index (κ2) is 16.3. The zero-order valence-electron chi connectivity index (χ0n) is 34.9. The van der Waals surface area contributed by atoms with Crippen molar-refractivity contribution in [3.05, 3.63) is 90.0 Å². The van der Waals surface area contributed by atoms with Gasteiger partial charge in [-0.3, -0.25) is 24.6 Å². The van der Waals surface area contributed by atoms with Crippen LogP contribution in [0.25, 0.3) is 11.3 Å². The number of nitrogen functional groups attached to an aromatic ring is 1. The summed E-state index contributed by atoms with van der Waals surface area (Å²) in [6.45, 7) is 5.52. The Bertz CT molecular complexity index is 2300. The van der Waals surface area contributed by atoms with Gasteiger partial charge in [-0.15, -0.1) is 10.2 Å². The number of likely N-dealkylation sites (tertiary alicyclic amines) is 2. The molecule has 4 N–H and O–H groups in total. The van der Waals surface area contributed by atoms with Crippen molar-refractivity contribution < 1.29 is 24.2 Å². The van der Waals surface area contributed by atoms with Crippen LogP contribution in [0.15, 0.2) is 78.9 Å². The van der Waals surface area contributed by atoms with E-state index < -0.39 is 0 Å². The molecule has 3 aromatic carbocycles. The number of amides is 3. The van der Waals surface area contributed by atoms with E-state index in [9.17, 15) is 19.5 Å². The third kappa shape index (κ3) is 7.66. The first-order valence-electron chi connectivity index (χ1n) is 22.3. The summed E-state index contributed by atoms with van der Waals surface area (Å²) in [7, 11) is 1.92. The first-order chi connectivity index (χ1) is 29.7. The fraction of sp³-hybridized carbons (Fsp3) is 0.479. The lowest BCUT2D eigenvalue weighted by molar-refractivity contribution is -0.135. The van der Waals surface area contributed by atoms with E-state index in [-0.39, 0.29) is 35.6 Å². The summed E-state index contributed by atoms with van der Waals surface area (Å²) >= 11 is 0. The van der Waals surface area contributed by atoms with Crippen LogP contribution >= 0.6 is 0 Å². The Kier molecular flexibility index (Phi) is 10.5. The van der Waals surface area contributed by atoms with Crippen LogP contribution in [-0.4, -0.2) is 108 Å². The number of imide groups is 1. The molecule has 0 radical (unpaired) electrons. The SMILES string of the molecule is CN(c1cccc(C2CCN(CC(=O)N3CCC(Oc4cccc(C5C6C[C@H]7CN(c8cc(-c9ccccc9O)nnc8N)C[C@@H]6C57)c4)CC3)CC2)c1)C1CCC(=O)NC1=O. The van der Waals surface area contributed by atoms with Gasteiger partial charge in [0.05, 0.1) is 17.9 Å². The third-order valence-corrected chi connectivity index (χ3v) is 15.0. The molecular weight excluding hydrogens is 769 g/mol. The number of nitrogens with zero attached hydrogens (tertiary/aromatic N) is 6. The first-order valence-corrected chi connectivity index (χ1v) is 22.3. The van der Waals surface area contributed by atoms with Crippen molar-refractivity contribution >= 4 is 34.9 Å². The monoisotopic (exact) mass is 824 g/mol. The summed E-state index contributed by atoms with van der Waals surface area (Å²) in [5, 5.41) is 21.5. The van der Waals surface area contributed by atoms with Crippen LogP contribution in [0.3, 0.4) is 0 Å². The number of carbonyl (C=O) groups is 3. The van der Waals surface area contributed by atoms with Gasteiger partial charge < -0.3 is 30.3 Å². The maximum Gasteiger partial charge on any atom is 0.249 e. The Morgan fingerprint density at radius 2 is 1.67 bits per heavy atom. The highest BCUT2D eigenvalue weighted by Crippen LogP contribution is 2.67. The highest BCUT2D eigenvalue weighted by atomic mass is 16.5. The van der Waals surface area contributed by atoms with E-state index in [0.29, 0.717) is 85.1 Å². The molecule has 4 aliphatic heterocycles. The van der Waals surface area contributed by atoms with Gasteiger partial charge >= 0.3 is 0 Å². The molecule has 3 amide bonds. The molecule has 13 nitrogen and oxygen atoms in total. The van der Waals surface area contributed by atoms with Crippen molar-refractivity contribution in [1.82, 2.24) is 25.3 Å².